The number of benzene rings is 2. The molecule has 0 bridgehead atoms. The fourth-order valence-electron chi connectivity index (χ4n) is 4.43. The lowest BCUT2D eigenvalue weighted by molar-refractivity contribution is -0.344. The maximum atomic E-state index is 13.2. The Kier molecular flexibility index (Phi) is 7.73. The van der Waals surface area contributed by atoms with Crippen LogP contribution in [0.1, 0.15) is 56.2 Å². The first-order valence-corrected chi connectivity index (χ1v) is 12.2. The summed E-state index contributed by atoms with van der Waals surface area (Å²) < 4.78 is 44.1. The SMILES string of the molecule is CCn1nnc(-c2ccc(C(C)(c3ccc(C(Cc4ccccn4)OC(F)(F)F)cc3)C(C)C)cc2)n1. The Morgan fingerprint density at radius 1 is 0.919 bits per heavy atom. The number of halogens is 3. The van der Waals surface area contributed by atoms with Gasteiger partial charge in [-0.2, -0.15) is 4.80 Å². The van der Waals surface area contributed by atoms with Crippen LogP contribution in [0, 0.1) is 5.92 Å². The van der Waals surface area contributed by atoms with E-state index >= 15 is 0 Å². The molecule has 37 heavy (non-hydrogen) atoms. The second-order valence-electron chi connectivity index (χ2n) is 9.44. The molecule has 2 atom stereocenters. The topological polar surface area (TPSA) is 65.7 Å². The van der Waals surface area contributed by atoms with Crippen LogP contribution in [0.15, 0.2) is 72.9 Å². The minimum atomic E-state index is -4.76. The molecule has 9 heteroatoms. The molecule has 6 nitrogen and oxygen atoms in total. The third-order valence-corrected chi connectivity index (χ3v) is 6.91. The summed E-state index contributed by atoms with van der Waals surface area (Å²) in [7, 11) is 0. The third-order valence-electron chi connectivity index (χ3n) is 6.91. The van der Waals surface area contributed by atoms with E-state index in [9.17, 15) is 13.2 Å². The van der Waals surface area contributed by atoms with Crippen molar-refractivity contribution < 1.29 is 17.9 Å². The molecule has 2 unspecified atom stereocenters. The Hall–Kier alpha value is -3.59. The average Bonchev–Trinajstić information content (AvgIpc) is 3.37. The number of pyridine rings is 1. The molecule has 0 fully saturated rings. The Morgan fingerprint density at radius 2 is 1.57 bits per heavy atom. The van der Waals surface area contributed by atoms with E-state index in [2.05, 4.69) is 45.9 Å². The van der Waals surface area contributed by atoms with Crippen LogP contribution in [0.3, 0.4) is 0 Å². The second-order valence-corrected chi connectivity index (χ2v) is 9.44. The molecule has 0 saturated carbocycles. The van der Waals surface area contributed by atoms with E-state index in [4.69, 9.17) is 0 Å². The molecule has 0 spiro atoms. The van der Waals surface area contributed by atoms with E-state index in [0.717, 1.165) is 16.7 Å². The number of ether oxygens (including phenoxy) is 1. The van der Waals surface area contributed by atoms with Gasteiger partial charge in [-0.15, -0.1) is 23.4 Å². The Labute approximate surface area is 214 Å². The maximum absolute atomic E-state index is 13.2. The number of aromatic nitrogens is 5. The van der Waals surface area contributed by atoms with E-state index < -0.39 is 12.5 Å². The summed E-state index contributed by atoms with van der Waals surface area (Å²) in [6.45, 7) is 9.00. The van der Waals surface area contributed by atoms with Crippen molar-refractivity contribution in [3.8, 4) is 11.4 Å². The number of hydrogen-bond donors (Lipinski definition) is 0. The molecule has 0 amide bonds. The predicted molar refractivity (Wildman–Crippen MR) is 134 cm³/mol. The van der Waals surface area contributed by atoms with E-state index in [-0.39, 0.29) is 17.8 Å². The number of tetrazole rings is 1. The zero-order valence-electron chi connectivity index (χ0n) is 21.3. The first-order valence-electron chi connectivity index (χ1n) is 12.2. The van der Waals surface area contributed by atoms with E-state index in [1.807, 2.05) is 43.3 Å². The molecule has 2 heterocycles. The quantitative estimate of drug-likeness (QED) is 0.256. The number of rotatable bonds is 9. The van der Waals surface area contributed by atoms with Crippen molar-refractivity contribution in [3.05, 3.63) is 95.3 Å². The van der Waals surface area contributed by atoms with E-state index in [1.165, 1.54) is 4.80 Å². The van der Waals surface area contributed by atoms with Gasteiger partial charge < -0.3 is 0 Å². The van der Waals surface area contributed by atoms with Crippen molar-refractivity contribution >= 4 is 0 Å². The zero-order chi connectivity index (χ0) is 26.6. The van der Waals surface area contributed by atoms with Crippen LogP contribution in [-0.2, 0) is 23.1 Å². The van der Waals surface area contributed by atoms with Crippen molar-refractivity contribution in [2.75, 3.05) is 0 Å². The molecule has 0 saturated heterocycles. The van der Waals surface area contributed by atoms with Gasteiger partial charge in [-0.3, -0.25) is 9.72 Å². The highest BCUT2D eigenvalue weighted by atomic mass is 19.4. The number of nitrogens with zero attached hydrogens (tertiary/aromatic N) is 5. The predicted octanol–water partition coefficient (Wildman–Crippen LogP) is 6.54. The average molecular weight is 510 g/mol. The molecule has 4 rings (SSSR count). The largest absolute Gasteiger partial charge is 0.523 e. The summed E-state index contributed by atoms with van der Waals surface area (Å²) in [5.74, 6) is 0.770. The summed E-state index contributed by atoms with van der Waals surface area (Å²) in [5, 5.41) is 12.5. The van der Waals surface area contributed by atoms with Crippen molar-refractivity contribution in [1.82, 2.24) is 25.2 Å². The van der Waals surface area contributed by atoms with Crippen LogP contribution in [0.4, 0.5) is 13.2 Å². The van der Waals surface area contributed by atoms with Gasteiger partial charge in [-0.1, -0.05) is 75.4 Å². The summed E-state index contributed by atoms with van der Waals surface area (Å²) >= 11 is 0. The summed E-state index contributed by atoms with van der Waals surface area (Å²) in [4.78, 5) is 5.70. The van der Waals surface area contributed by atoms with Gasteiger partial charge in [0.25, 0.3) is 0 Å². The standard InChI is InChI=1S/C28H30F3N5O/c1-5-36-34-26(33-35-36)21-11-15-23(16-12-21)27(4,19(2)3)22-13-9-20(10-14-22)25(37-28(29,30)31)18-24-8-6-7-17-32-24/h6-17,19,25H,5,18H2,1-4H3. The van der Waals surface area contributed by atoms with Gasteiger partial charge in [0.1, 0.15) is 0 Å². The molecule has 0 aliphatic carbocycles. The van der Waals surface area contributed by atoms with Crippen molar-refractivity contribution in [2.24, 2.45) is 5.92 Å². The smallest absolute Gasteiger partial charge is 0.283 e. The minimum absolute atomic E-state index is 0.0132. The molecule has 2 aromatic heterocycles. The third kappa shape index (κ3) is 6.05. The van der Waals surface area contributed by atoms with Crippen molar-refractivity contribution in [3.63, 3.8) is 0 Å². The molecule has 0 aliphatic heterocycles. The fourth-order valence-corrected chi connectivity index (χ4v) is 4.43. The summed E-state index contributed by atoms with van der Waals surface area (Å²) in [5.41, 5.74) is 3.54. The first kappa shape index (κ1) is 26.5. The first-order chi connectivity index (χ1) is 17.6. The molecule has 194 valence electrons. The van der Waals surface area contributed by atoms with Crippen LogP contribution in [0.5, 0.6) is 0 Å². The Balaban J connectivity index is 1.63. The molecule has 4 aromatic rings. The highest BCUT2D eigenvalue weighted by Crippen LogP contribution is 2.40. The monoisotopic (exact) mass is 509 g/mol. The zero-order valence-corrected chi connectivity index (χ0v) is 21.3. The van der Waals surface area contributed by atoms with Crippen LogP contribution >= 0.6 is 0 Å². The van der Waals surface area contributed by atoms with Gasteiger partial charge >= 0.3 is 6.36 Å². The molecule has 0 N–H and O–H groups in total. The van der Waals surface area contributed by atoms with Crippen LogP contribution < -0.4 is 0 Å². The van der Waals surface area contributed by atoms with Gasteiger partial charge in [-0.05, 0) is 46.9 Å². The number of hydrogen-bond acceptors (Lipinski definition) is 5. The summed E-state index contributed by atoms with van der Waals surface area (Å²) in [6.07, 6.45) is -4.38. The molecule has 0 radical (unpaired) electrons. The fraction of sp³-hybridized carbons (Fsp3) is 0.357. The lowest BCUT2D eigenvalue weighted by Crippen LogP contribution is -2.30. The second kappa shape index (κ2) is 10.8. The van der Waals surface area contributed by atoms with Crippen molar-refractivity contribution in [2.45, 2.75) is 58.5 Å². The maximum Gasteiger partial charge on any atom is 0.523 e. The normalized spacial score (nSPS) is 14.5. The number of aryl methyl sites for hydroxylation is 1. The lowest BCUT2D eigenvalue weighted by Gasteiger charge is -2.35. The van der Waals surface area contributed by atoms with Crippen LogP contribution in [0.2, 0.25) is 0 Å². The summed E-state index contributed by atoms with van der Waals surface area (Å²) in [6, 6.07) is 20.4. The lowest BCUT2D eigenvalue weighted by atomic mass is 9.68. The van der Waals surface area contributed by atoms with Crippen molar-refractivity contribution in [1.29, 1.82) is 0 Å². The van der Waals surface area contributed by atoms with Gasteiger partial charge in [-0.25, -0.2) is 0 Å². The van der Waals surface area contributed by atoms with Gasteiger partial charge in [0.05, 0.1) is 12.6 Å². The van der Waals surface area contributed by atoms with Gasteiger partial charge in [0.15, 0.2) is 0 Å². The highest BCUT2D eigenvalue weighted by molar-refractivity contribution is 5.56. The highest BCUT2D eigenvalue weighted by Gasteiger charge is 2.36. The van der Waals surface area contributed by atoms with Crippen LogP contribution in [-0.4, -0.2) is 31.6 Å². The van der Waals surface area contributed by atoms with Gasteiger partial charge in [0.2, 0.25) is 5.82 Å². The molecular weight excluding hydrogens is 479 g/mol. The van der Waals surface area contributed by atoms with Gasteiger partial charge in [0, 0.05) is 29.3 Å². The Bertz CT molecular complexity index is 1290. The van der Waals surface area contributed by atoms with E-state index in [0.29, 0.717) is 23.6 Å². The molecule has 2 aromatic carbocycles. The minimum Gasteiger partial charge on any atom is -0.283 e. The Morgan fingerprint density at radius 3 is 2.08 bits per heavy atom. The number of alkyl halides is 3. The molecule has 0 aliphatic rings. The van der Waals surface area contributed by atoms with Crippen LogP contribution in [0.25, 0.3) is 11.4 Å². The van der Waals surface area contributed by atoms with E-state index in [1.54, 1.807) is 36.5 Å². The molecular formula is C28H30F3N5O.